The molecule has 1 aromatic carbocycles. The molecule has 2 rings (SSSR count). The third kappa shape index (κ3) is 2.17. The van der Waals surface area contributed by atoms with E-state index in [-0.39, 0.29) is 6.04 Å². The minimum Gasteiger partial charge on any atom is -0.399 e. The molecule has 2 N–H and O–H groups in total. The maximum absolute atomic E-state index is 12.4. The van der Waals surface area contributed by atoms with Crippen molar-refractivity contribution in [3.8, 4) is 0 Å². The van der Waals surface area contributed by atoms with Gasteiger partial charge in [-0.05, 0) is 50.5 Å². The van der Waals surface area contributed by atoms with Crippen molar-refractivity contribution in [1.29, 1.82) is 0 Å². The molecule has 5 heteroatoms. The van der Waals surface area contributed by atoms with Crippen molar-refractivity contribution >= 4 is 15.7 Å². The molecule has 1 unspecified atom stereocenters. The molecule has 1 fully saturated rings. The van der Waals surface area contributed by atoms with E-state index < -0.39 is 10.0 Å². The average Bonchev–Trinajstić information content (AvgIpc) is 2.69. The summed E-state index contributed by atoms with van der Waals surface area (Å²) in [6, 6.07) is 4.99. The van der Waals surface area contributed by atoms with Gasteiger partial charge in [0.1, 0.15) is 0 Å². The lowest BCUT2D eigenvalue weighted by Gasteiger charge is -2.21. The van der Waals surface area contributed by atoms with E-state index in [0.717, 1.165) is 18.4 Å². The molecule has 17 heavy (non-hydrogen) atoms. The summed E-state index contributed by atoms with van der Waals surface area (Å²) in [7, 11) is -3.35. The predicted octanol–water partition coefficient (Wildman–Crippen LogP) is 1.75. The number of nitrogen functional groups attached to an aromatic ring is 1. The van der Waals surface area contributed by atoms with Gasteiger partial charge in [0.05, 0.1) is 4.90 Å². The smallest absolute Gasteiger partial charge is 0.243 e. The summed E-state index contributed by atoms with van der Waals surface area (Å²) in [4.78, 5) is 0.345. The van der Waals surface area contributed by atoms with Crippen LogP contribution >= 0.6 is 0 Å². The van der Waals surface area contributed by atoms with E-state index in [9.17, 15) is 8.42 Å². The number of aryl methyl sites for hydroxylation is 1. The fourth-order valence-electron chi connectivity index (χ4n) is 2.21. The van der Waals surface area contributed by atoms with Crippen molar-refractivity contribution in [2.45, 2.75) is 37.6 Å². The number of sulfonamides is 1. The van der Waals surface area contributed by atoms with E-state index in [2.05, 4.69) is 0 Å². The second-order valence-corrected chi connectivity index (χ2v) is 6.52. The van der Waals surface area contributed by atoms with Gasteiger partial charge in [0.25, 0.3) is 0 Å². The Kier molecular flexibility index (Phi) is 3.14. The van der Waals surface area contributed by atoms with Crippen molar-refractivity contribution in [3.05, 3.63) is 23.8 Å². The van der Waals surface area contributed by atoms with Gasteiger partial charge in [0.2, 0.25) is 10.0 Å². The van der Waals surface area contributed by atoms with E-state index in [1.165, 1.54) is 0 Å². The molecule has 1 aromatic rings. The van der Waals surface area contributed by atoms with Crippen LogP contribution in [0.25, 0.3) is 0 Å². The summed E-state index contributed by atoms with van der Waals surface area (Å²) in [5.74, 6) is 0. The van der Waals surface area contributed by atoms with Gasteiger partial charge in [0.15, 0.2) is 0 Å². The molecule has 1 saturated heterocycles. The highest BCUT2D eigenvalue weighted by molar-refractivity contribution is 7.89. The summed E-state index contributed by atoms with van der Waals surface area (Å²) in [6.45, 7) is 4.39. The van der Waals surface area contributed by atoms with Gasteiger partial charge in [-0.3, -0.25) is 0 Å². The first-order chi connectivity index (χ1) is 7.93. The fourth-order valence-corrected chi connectivity index (χ4v) is 3.99. The van der Waals surface area contributed by atoms with E-state index in [0.29, 0.717) is 17.1 Å². The molecular weight excluding hydrogens is 236 g/mol. The van der Waals surface area contributed by atoms with Gasteiger partial charge in [0, 0.05) is 18.3 Å². The Morgan fingerprint density at radius 1 is 1.41 bits per heavy atom. The normalized spacial score (nSPS) is 21.9. The first-order valence-electron chi connectivity index (χ1n) is 5.81. The average molecular weight is 254 g/mol. The second kappa shape index (κ2) is 4.31. The SMILES string of the molecule is Cc1cc(S(=O)(=O)N2CCCC2C)ccc1N. The molecule has 1 aliphatic rings. The van der Waals surface area contributed by atoms with E-state index in [1.807, 2.05) is 13.8 Å². The summed E-state index contributed by atoms with van der Waals surface area (Å²) in [5.41, 5.74) is 7.13. The Balaban J connectivity index is 2.41. The van der Waals surface area contributed by atoms with Crippen molar-refractivity contribution in [2.75, 3.05) is 12.3 Å². The first kappa shape index (κ1) is 12.4. The van der Waals surface area contributed by atoms with Crippen molar-refractivity contribution < 1.29 is 8.42 Å². The zero-order chi connectivity index (χ0) is 12.6. The van der Waals surface area contributed by atoms with E-state index in [1.54, 1.807) is 22.5 Å². The molecule has 0 aromatic heterocycles. The molecule has 0 radical (unpaired) electrons. The Bertz CT molecular complexity index is 525. The molecular formula is C12H18N2O2S. The van der Waals surface area contributed by atoms with Gasteiger partial charge in [-0.1, -0.05) is 0 Å². The van der Waals surface area contributed by atoms with E-state index >= 15 is 0 Å². The van der Waals surface area contributed by atoms with Crippen LogP contribution in [0.2, 0.25) is 0 Å². The zero-order valence-corrected chi connectivity index (χ0v) is 11.0. The lowest BCUT2D eigenvalue weighted by molar-refractivity contribution is 0.408. The van der Waals surface area contributed by atoms with Gasteiger partial charge < -0.3 is 5.73 Å². The van der Waals surface area contributed by atoms with Crippen molar-refractivity contribution in [2.24, 2.45) is 0 Å². The highest BCUT2D eigenvalue weighted by Gasteiger charge is 2.32. The van der Waals surface area contributed by atoms with Crippen LogP contribution < -0.4 is 5.73 Å². The van der Waals surface area contributed by atoms with Crippen molar-refractivity contribution in [3.63, 3.8) is 0 Å². The molecule has 0 amide bonds. The number of benzene rings is 1. The van der Waals surface area contributed by atoms with Crippen LogP contribution in [-0.2, 0) is 10.0 Å². The minimum atomic E-state index is -3.35. The summed E-state index contributed by atoms with van der Waals surface area (Å²) < 4.78 is 26.4. The minimum absolute atomic E-state index is 0.0952. The van der Waals surface area contributed by atoms with Crippen LogP contribution in [0.3, 0.4) is 0 Å². The van der Waals surface area contributed by atoms with Gasteiger partial charge in [-0.25, -0.2) is 8.42 Å². The molecule has 0 bridgehead atoms. The molecule has 4 nitrogen and oxygen atoms in total. The highest BCUT2D eigenvalue weighted by Crippen LogP contribution is 2.27. The van der Waals surface area contributed by atoms with Crippen LogP contribution in [0.4, 0.5) is 5.69 Å². The number of nitrogens with two attached hydrogens (primary N) is 1. The Morgan fingerprint density at radius 2 is 2.12 bits per heavy atom. The number of rotatable bonds is 2. The number of hydrogen-bond donors (Lipinski definition) is 1. The highest BCUT2D eigenvalue weighted by atomic mass is 32.2. The third-order valence-corrected chi connectivity index (χ3v) is 5.35. The lowest BCUT2D eigenvalue weighted by atomic mass is 10.2. The van der Waals surface area contributed by atoms with Gasteiger partial charge in [-0.2, -0.15) is 4.31 Å². The number of nitrogens with zero attached hydrogens (tertiary/aromatic N) is 1. The maximum atomic E-state index is 12.4. The second-order valence-electron chi connectivity index (χ2n) is 4.63. The maximum Gasteiger partial charge on any atom is 0.243 e. The van der Waals surface area contributed by atoms with Crippen LogP contribution in [-0.4, -0.2) is 25.3 Å². The van der Waals surface area contributed by atoms with E-state index in [4.69, 9.17) is 5.73 Å². The summed E-state index contributed by atoms with van der Waals surface area (Å²) in [6.07, 6.45) is 1.88. The molecule has 1 heterocycles. The Morgan fingerprint density at radius 3 is 2.65 bits per heavy atom. The zero-order valence-electron chi connectivity index (χ0n) is 10.2. The largest absolute Gasteiger partial charge is 0.399 e. The summed E-state index contributed by atoms with van der Waals surface area (Å²) in [5, 5.41) is 0. The van der Waals surface area contributed by atoms with Gasteiger partial charge >= 0.3 is 0 Å². The molecule has 94 valence electrons. The quantitative estimate of drug-likeness (QED) is 0.818. The van der Waals surface area contributed by atoms with Crippen LogP contribution in [0.1, 0.15) is 25.3 Å². The molecule has 0 saturated carbocycles. The molecule has 1 atom stereocenters. The molecule has 1 aliphatic heterocycles. The topological polar surface area (TPSA) is 63.4 Å². The van der Waals surface area contributed by atoms with Crippen LogP contribution in [0.5, 0.6) is 0 Å². The monoisotopic (exact) mass is 254 g/mol. The number of anilines is 1. The molecule has 0 spiro atoms. The Labute approximate surface area is 102 Å². The predicted molar refractivity (Wildman–Crippen MR) is 68.2 cm³/mol. The summed E-state index contributed by atoms with van der Waals surface area (Å²) >= 11 is 0. The lowest BCUT2D eigenvalue weighted by Crippen LogP contribution is -2.33. The number of hydrogen-bond acceptors (Lipinski definition) is 3. The standard InChI is InChI=1S/C12H18N2O2S/c1-9-8-11(5-6-12(9)13)17(15,16)14-7-3-4-10(14)2/h5-6,8,10H,3-4,7,13H2,1-2H3. The van der Waals surface area contributed by atoms with Crippen LogP contribution in [0, 0.1) is 6.92 Å². The van der Waals surface area contributed by atoms with Crippen molar-refractivity contribution in [1.82, 2.24) is 4.31 Å². The third-order valence-electron chi connectivity index (χ3n) is 3.34. The Hall–Kier alpha value is -1.07. The van der Waals surface area contributed by atoms with Gasteiger partial charge in [-0.15, -0.1) is 0 Å². The van der Waals surface area contributed by atoms with Crippen LogP contribution in [0.15, 0.2) is 23.1 Å². The first-order valence-corrected chi connectivity index (χ1v) is 7.25. The molecule has 0 aliphatic carbocycles. The fraction of sp³-hybridized carbons (Fsp3) is 0.500.